The number of aromatic amines is 1. The molecule has 0 saturated carbocycles. The van der Waals surface area contributed by atoms with Crippen LogP contribution in [0.1, 0.15) is 60.6 Å². The molecule has 4 saturated heterocycles. The van der Waals surface area contributed by atoms with Gasteiger partial charge >= 0.3 is 0 Å². The van der Waals surface area contributed by atoms with E-state index in [2.05, 4.69) is 153 Å². The number of halogens is 1. The molecular formula is C99H93FN32O3. The molecule has 674 valence electrons. The van der Waals surface area contributed by atoms with E-state index in [4.69, 9.17) is 68.0 Å². The zero-order chi connectivity index (χ0) is 91.7. The molecule has 4 aliphatic heterocycles. The zero-order valence-electron chi connectivity index (χ0n) is 74.0. The molecule has 36 heteroatoms. The monoisotopic (exact) mass is 1800 g/mol. The fourth-order valence-electron chi connectivity index (χ4n) is 18.3. The van der Waals surface area contributed by atoms with Crippen molar-refractivity contribution in [3.05, 3.63) is 248 Å². The highest BCUT2D eigenvalue weighted by atomic mass is 19.1. The number of rotatable bonds is 15. The summed E-state index contributed by atoms with van der Waals surface area (Å²) in [6.07, 6.45) is 15.1. The first-order valence-electron chi connectivity index (χ1n) is 44.8. The number of aliphatic hydroxyl groups excluding tert-OH is 1. The molecule has 0 aliphatic carbocycles. The summed E-state index contributed by atoms with van der Waals surface area (Å²) in [5, 5.41) is 54.1. The van der Waals surface area contributed by atoms with Gasteiger partial charge in [0, 0.05) is 150 Å². The number of pyridine rings is 5. The molecule has 135 heavy (non-hydrogen) atoms. The number of phenols is 1. The molecule has 14 aromatic heterocycles. The van der Waals surface area contributed by atoms with E-state index in [9.17, 15) is 14.6 Å². The predicted octanol–water partition coefficient (Wildman–Crippen LogP) is 12.7. The highest BCUT2D eigenvalue weighted by Gasteiger charge is 2.30. The lowest BCUT2D eigenvalue weighted by Crippen LogP contribution is -2.45. The second-order valence-electron chi connectivity index (χ2n) is 33.8. The third-order valence-electron chi connectivity index (χ3n) is 24.8. The van der Waals surface area contributed by atoms with Gasteiger partial charge in [0.2, 0.25) is 0 Å². The van der Waals surface area contributed by atoms with Crippen molar-refractivity contribution in [1.82, 2.24) is 119 Å². The van der Waals surface area contributed by atoms with Gasteiger partial charge in [-0.05, 0) is 124 Å². The molecule has 35 nitrogen and oxygen atoms in total. The number of ether oxygens (including phenoxy) is 1. The third kappa shape index (κ3) is 17.3. The van der Waals surface area contributed by atoms with Gasteiger partial charge in [-0.1, -0.05) is 90.8 Å². The minimum absolute atomic E-state index is 0.202. The van der Waals surface area contributed by atoms with Gasteiger partial charge in [-0.3, -0.25) is 10.1 Å². The van der Waals surface area contributed by atoms with E-state index in [0.29, 0.717) is 107 Å². The van der Waals surface area contributed by atoms with Crippen LogP contribution in [0.3, 0.4) is 0 Å². The van der Waals surface area contributed by atoms with Gasteiger partial charge in [-0.25, -0.2) is 82.9 Å². The van der Waals surface area contributed by atoms with Gasteiger partial charge in [-0.2, -0.15) is 25.5 Å². The van der Waals surface area contributed by atoms with Crippen LogP contribution in [-0.4, -0.2) is 221 Å². The summed E-state index contributed by atoms with van der Waals surface area (Å²) in [5.74, 6) is 10.1. The molecule has 18 heterocycles. The van der Waals surface area contributed by atoms with Crippen molar-refractivity contribution in [2.24, 2.45) is 0 Å². The summed E-state index contributed by atoms with van der Waals surface area (Å²) in [6.45, 7) is 14.1. The smallest absolute Gasteiger partial charge is 0.164 e. The van der Waals surface area contributed by atoms with Crippen LogP contribution < -0.4 is 42.5 Å². The highest BCUT2D eigenvalue weighted by Crippen LogP contribution is 2.40. The Morgan fingerprint density at radius 2 is 0.844 bits per heavy atom. The third-order valence-corrected chi connectivity index (χ3v) is 24.8. The number of anilines is 8. The van der Waals surface area contributed by atoms with Crippen LogP contribution in [0, 0.1) is 17.7 Å². The number of hydrogen-bond acceptors (Lipinski definition) is 30. The molecule has 0 bridgehead atoms. The maximum atomic E-state index is 14.1. The molecule has 20 aromatic rings. The van der Waals surface area contributed by atoms with Crippen molar-refractivity contribution in [2.45, 2.75) is 64.9 Å². The van der Waals surface area contributed by atoms with E-state index in [-0.39, 0.29) is 11.6 Å². The van der Waals surface area contributed by atoms with E-state index in [0.717, 1.165) is 205 Å². The summed E-state index contributed by atoms with van der Waals surface area (Å²) in [6, 6.07) is 55.0. The highest BCUT2D eigenvalue weighted by molar-refractivity contribution is 6.06. The van der Waals surface area contributed by atoms with Crippen LogP contribution in [0.5, 0.6) is 5.75 Å². The Labute approximate surface area is 771 Å². The number of para-hydroxylation sites is 4. The molecule has 0 radical (unpaired) electrons. The number of likely N-dealkylation sites (N-methyl/N-ethyl adjacent to an activating group) is 1. The molecule has 0 amide bonds. The van der Waals surface area contributed by atoms with Crippen molar-refractivity contribution in [3.8, 4) is 51.4 Å². The van der Waals surface area contributed by atoms with Crippen molar-refractivity contribution in [2.75, 3.05) is 128 Å². The number of fused-ring (bicyclic) bond motifs is 9. The van der Waals surface area contributed by atoms with Crippen LogP contribution in [0.15, 0.2) is 214 Å². The number of morpholine rings is 1. The quantitative estimate of drug-likeness (QED) is 0.0469. The van der Waals surface area contributed by atoms with Gasteiger partial charge in [0.25, 0.3) is 0 Å². The number of nitrogen functional groups attached to an aromatic ring is 4. The predicted molar refractivity (Wildman–Crippen MR) is 522 cm³/mol. The molecule has 1 atom stereocenters. The number of phenolic OH excluding ortho intramolecular Hbond substituents is 1. The molecule has 4 aliphatic rings. The second-order valence-corrected chi connectivity index (χ2v) is 33.8. The lowest BCUT2D eigenvalue weighted by atomic mass is 10.1. The summed E-state index contributed by atoms with van der Waals surface area (Å²) >= 11 is 0. The van der Waals surface area contributed by atoms with E-state index in [1.165, 1.54) is 63.1 Å². The number of aromatic nitrogens is 23. The number of aliphatic hydroxyl groups is 1. The molecule has 4 fully saturated rings. The van der Waals surface area contributed by atoms with Crippen molar-refractivity contribution >= 4 is 145 Å². The maximum Gasteiger partial charge on any atom is 0.164 e. The lowest BCUT2D eigenvalue weighted by Gasteiger charge is -2.34. The van der Waals surface area contributed by atoms with Crippen LogP contribution in [0.2, 0.25) is 0 Å². The standard InChI is InChI=1S/C26H23N9.C25H22FN7O2.C24H26N8O.C24H22N8/c27-24-22-23(18-7-5-9-21-19(18)13-30-32-21)33-35(26(22)29-15-28-24)14-17-12-16-6-1-2-8-20(16)31-25(17)34-10-3-4-11-34;26-18-10-16(11-19(34)12-18)22-21-23(27)28-14-29-25(21)33(31-22)13-17-9-15-3-1-2-4-20(15)30-24(17)32-5-7-35-8-6-32;1-16(33)7-8-20-21-22(25)26-15-27-24(21)32(29-20)14-18-13-17-5-3-4-6-19(17)28-23(18)31-11-9-30(2)10-12-31;25-22-20-21(17-7-5-9-26-13-17)30-32(24(20)28-15-27-22)14-18-12-16-6-1-2-8-19(16)29-23(18)31-10-3-4-11-31/h1-2,5-9,12-13,15H,3-4,10-11,14H2,(H,30,32)(H2,27,28,29);1-4,9-12,14,34H,5-8,13H2,(H2,27,28,29);3-6,13,15-16,33H,9-12,14H2,1-2H3,(H2,25,26,27);1-2,5-9,12-13,15H,3-4,10-11,14H2,(H2,25,27,28)/t;;16-;/m..1./s1. The fourth-order valence-corrected chi connectivity index (χ4v) is 18.3. The number of nitrogens with zero attached hydrogens (tertiary/aromatic N) is 27. The van der Waals surface area contributed by atoms with Gasteiger partial charge in [0.15, 0.2) is 22.6 Å². The Balaban J connectivity index is 0.000000108. The SMILES string of the molecule is C[C@@H](O)C#Cc1nn(Cc2cc3ccccc3nc2N2CCN(C)CC2)c2ncnc(N)c12.Nc1ncnc2c1c(-c1cc(O)cc(F)c1)nn2Cc1cc2ccccc2nc1N1CCOCC1.Nc1ncnc2c1c(-c1cccc3[nH]ncc13)nn2Cc1cc2ccccc2nc1N1CCCC1.Nc1ncnc2c1c(-c1cccnc1)nn2Cc1cc2ccccc2nc1N1CCCC1. The van der Waals surface area contributed by atoms with E-state index in [1.807, 2.05) is 113 Å². The molecule has 0 spiro atoms. The van der Waals surface area contributed by atoms with Gasteiger partial charge in [0.05, 0.1) is 94.7 Å². The Morgan fingerprint density at radius 1 is 0.430 bits per heavy atom. The number of benzene rings is 6. The van der Waals surface area contributed by atoms with E-state index >= 15 is 0 Å². The number of aromatic hydroxyl groups is 1. The van der Waals surface area contributed by atoms with Gasteiger partial charge in [-0.15, -0.1) is 0 Å². The topological polar surface area (TPSA) is 437 Å². The second kappa shape index (κ2) is 36.9. The van der Waals surface area contributed by atoms with Gasteiger partial charge < -0.3 is 62.4 Å². The zero-order valence-corrected chi connectivity index (χ0v) is 74.0. The van der Waals surface area contributed by atoms with Gasteiger partial charge in [0.1, 0.15) is 112 Å². The van der Waals surface area contributed by atoms with E-state index in [1.54, 1.807) is 28.7 Å². The lowest BCUT2D eigenvalue weighted by molar-refractivity contribution is 0.122. The first kappa shape index (κ1) is 85.1. The Bertz CT molecular complexity index is 7900. The minimum atomic E-state index is -0.774. The largest absolute Gasteiger partial charge is 0.508 e. The van der Waals surface area contributed by atoms with E-state index < -0.39 is 11.9 Å². The fraction of sp³-hybridized carbons (Fsp3) is 0.232. The Morgan fingerprint density at radius 3 is 1.30 bits per heavy atom. The van der Waals surface area contributed by atoms with Crippen molar-refractivity contribution in [1.29, 1.82) is 0 Å². The minimum Gasteiger partial charge on any atom is -0.508 e. The van der Waals surface area contributed by atoms with Crippen LogP contribution in [-0.2, 0) is 30.9 Å². The summed E-state index contributed by atoms with van der Waals surface area (Å²) in [4.78, 5) is 70.7. The first-order chi connectivity index (χ1) is 66.1. The first-order valence-corrected chi connectivity index (χ1v) is 44.8. The molecule has 24 rings (SSSR count). The number of H-pyrrole nitrogens is 1. The molecule has 6 aromatic carbocycles. The number of piperazine rings is 1. The summed E-state index contributed by atoms with van der Waals surface area (Å²) in [7, 11) is 2.14. The van der Waals surface area contributed by atoms with Crippen molar-refractivity contribution < 1.29 is 19.3 Å². The van der Waals surface area contributed by atoms with Crippen LogP contribution in [0.4, 0.5) is 50.9 Å². The average Bonchev–Trinajstić information content (AvgIpc) is 1.51. The average molecular weight is 1800 g/mol. The summed E-state index contributed by atoms with van der Waals surface area (Å²) < 4.78 is 27.0. The summed E-state index contributed by atoms with van der Waals surface area (Å²) in [5.41, 5.74) is 41.1. The maximum absolute atomic E-state index is 14.1. The molecule has 11 N–H and O–H groups in total. The van der Waals surface area contributed by atoms with Crippen molar-refractivity contribution in [3.63, 3.8) is 0 Å². The normalized spacial score (nSPS) is 14.4. The molecular weight excluding hydrogens is 1700 g/mol. The Kier molecular flexibility index (Phi) is 23.3. The van der Waals surface area contributed by atoms with Crippen LogP contribution in [0.25, 0.3) is 132 Å². The van der Waals surface area contributed by atoms with Crippen LogP contribution >= 0.6 is 0 Å². The number of nitrogens with two attached hydrogens (primary N) is 4. The Hall–Kier alpha value is -16.7. The number of hydrogen-bond donors (Lipinski definition) is 7. The molecule has 0 unspecified atom stereocenters. The number of nitrogens with one attached hydrogen (secondary N) is 1.